The van der Waals surface area contributed by atoms with E-state index in [4.69, 9.17) is 19.5 Å². The lowest BCUT2D eigenvalue weighted by Crippen LogP contribution is -2.21. The lowest BCUT2D eigenvalue weighted by Gasteiger charge is -2.10. The van der Waals surface area contributed by atoms with Crippen LogP contribution < -0.4 is 0 Å². The lowest BCUT2D eigenvalue weighted by molar-refractivity contribution is -0.182. The van der Waals surface area contributed by atoms with Crippen molar-refractivity contribution in [2.75, 3.05) is 20.0 Å². The number of carbonyl (C=O) groups is 2. The molecule has 1 aromatic rings. The first-order valence-corrected chi connectivity index (χ1v) is 5.53. The van der Waals surface area contributed by atoms with Gasteiger partial charge in [0.2, 0.25) is 0 Å². The van der Waals surface area contributed by atoms with Crippen molar-refractivity contribution < 1.29 is 33.9 Å². The average Bonchev–Trinajstić information content (AvgIpc) is 2.97. The highest BCUT2D eigenvalue weighted by molar-refractivity contribution is 6.02. The summed E-state index contributed by atoms with van der Waals surface area (Å²) in [4.78, 5) is 26.7. The molecule has 102 valence electrons. The Morgan fingerprint density at radius 3 is 2.53 bits per heavy atom. The Morgan fingerprint density at radius 2 is 1.95 bits per heavy atom. The van der Waals surface area contributed by atoms with Crippen molar-refractivity contribution in [1.29, 1.82) is 0 Å². The molecule has 1 heterocycles. The number of hydrogen-bond donors (Lipinski definition) is 1. The average molecular weight is 268 g/mol. The largest absolute Gasteiger partial charge is 0.459 e. The van der Waals surface area contributed by atoms with Gasteiger partial charge in [0.05, 0.1) is 17.7 Å². The normalized spacial score (nSPS) is 18.1. The molecular formula is C12H12O7. The zero-order valence-electron chi connectivity index (χ0n) is 9.90. The molecule has 0 amide bonds. The summed E-state index contributed by atoms with van der Waals surface area (Å²) in [6, 6.07) is 5.86. The van der Waals surface area contributed by atoms with Gasteiger partial charge in [-0.1, -0.05) is 12.1 Å². The molecule has 1 N–H and O–H groups in total. The van der Waals surface area contributed by atoms with E-state index in [2.05, 4.69) is 4.89 Å². The number of ether oxygens (including phenoxy) is 3. The van der Waals surface area contributed by atoms with E-state index in [-0.39, 0.29) is 30.6 Å². The van der Waals surface area contributed by atoms with E-state index in [1.54, 1.807) is 6.07 Å². The Kier molecular flexibility index (Phi) is 4.45. The van der Waals surface area contributed by atoms with Crippen molar-refractivity contribution in [2.45, 2.75) is 6.10 Å². The number of rotatable bonds is 4. The van der Waals surface area contributed by atoms with Gasteiger partial charge in [-0.05, 0) is 12.1 Å². The van der Waals surface area contributed by atoms with Crippen LogP contribution in [0.25, 0.3) is 0 Å². The molecule has 0 saturated carbocycles. The highest BCUT2D eigenvalue weighted by atomic mass is 17.1. The fraction of sp³-hybridized carbons (Fsp3) is 0.333. The molecule has 1 saturated heterocycles. The van der Waals surface area contributed by atoms with Gasteiger partial charge in [-0.2, -0.15) is 5.26 Å². The Morgan fingerprint density at radius 1 is 1.26 bits per heavy atom. The van der Waals surface area contributed by atoms with Crippen LogP contribution in [-0.4, -0.2) is 43.3 Å². The molecule has 1 atom stereocenters. The summed E-state index contributed by atoms with van der Waals surface area (Å²) < 4.78 is 15.1. The van der Waals surface area contributed by atoms with Crippen molar-refractivity contribution >= 4 is 11.9 Å². The molecule has 0 spiro atoms. The molecule has 1 unspecified atom stereocenters. The van der Waals surface area contributed by atoms with E-state index in [0.717, 1.165) is 0 Å². The maximum absolute atomic E-state index is 11.8. The van der Waals surface area contributed by atoms with Crippen molar-refractivity contribution in [1.82, 2.24) is 0 Å². The van der Waals surface area contributed by atoms with Crippen molar-refractivity contribution in [3.05, 3.63) is 35.4 Å². The van der Waals surface area contributed by atoms with Crippen LogP contribution in [0.15, 0.2) is 24.3 Å². The first-order chi connectivity index (χ1) is 9.22. The Hall–Kier alpha value is -1.96. The first kappa shape index (κ1) is 13.5. The van der Waals surface area contributed by atoms with Gasteiger partial charge in [-0.3, -0.25) is 4.89 Å². The van der Waals surface area contributed by atoms with Gasteiger partial charge in [0.15, 0.2) is 0 Å². The van der Waals surface area contributed by atoms with E-state index in [9.17, 15) is 9.59 Å². The number of esters is 1. The fourth-order valence-electron chi connectivity index (χ4n) is 1.60. The van der Waals surface area contributed by atoms with Crippen LogP contribution in [0.2, 0.25) is 0 Å². The molecule has 1 aliphatic rings. The molecule has 1 aromatic carbocycles. The van der Waals surface area contributed by atoms with E-state index in [1.165, 1.54) is 18.2 Å². The van der Waals surface area contributed by atoms with Gasteiger partial charge in [0, 0.05) is 0 Å². The van der Waals surface area contributed by atoms with Crippen LogP contribution in [0.1, 0.15) is 20.7 Å². The third kappa shape index (κ3) is 3.28. The van der Waals surface area contributed by atoms with E-state index < -0.39 is 11.9 Å². The maximum Gasteiger partial charge on any atom is 0.373 e. The molecule has 0 aliphatic carbocycles. The molecular weight excluding hydrogens is 256 g/mol. The second-order valence-corrected chi connectivity index (χ2v) is 3.80. The summed E-state index contributed by atoms with van der Waals surface area (Å²) in [5.41, 5.74) is -0.0564. The molecule has 19 heavy (non-hydrogen) atoms. The monoisotopic (exact) mass is 268 g/mol. The minimum absolute atomic E-state index is 0.0143. The molecule has 0 aromatic heterocycles. The zero-order chi connectivity index (χ0) is 13.7. The van der Waals surface area contributed by atoms with Gasteiger partial charge >= 0.3 is 11.9 Å². The van der Waals surface area contributed by atoms with E-state index in [0.29, 0.717) is 6.61 Å². The van der Waals surface area contributed by atoms with Gasteiger partial charge in [0.1, 0.15) is 19.5 Å². The second kappa shape index (κ2) is 6.28. The van der Waals surface area contributed by atoms with Crippen LogP contribution in [0.5, 0.6) is 0 Å². The summed E-state index contributed by atoms with van der Waals surface area (Å²) in [6.07, 6.45) is -0.305. The smallest absolute Gasteiger partial charge is 0.373 e. The Labute approximate surface area is 108 Å². The summed E-state index contributed by atoms with van der Waals surface area (Å²) in [6.45, 7) is 0.560. The first-order valence-electron chi connectivity index (χ1n) is 5.53. The molecule has 0 bridgehead atoms. The minimum atomic E-state index is -1.02. The number of carbonyl (C=O) groups excluding carboxylic acids is 2. The molecule has 7 nitrogen and oxygen atoms in total. The van der Waals surface area contributed by atoms with Crippen LogP contribution in [0.3, 0.4) is 0 Å². The van der Waals surface area contributed by atoms with Crippen LogP contribution in [0.4, 0.5) is 0 Å². The highest BCUT2D eigenvalue weighted by Gasteiger charge is 2.22. The van der Waals surface area contributed by atoms with Gasteiger partial charge in [-0.15, -0.1) is 0 Å². The maximum atomic E-state index is 11.8. The molecule has 1 aliphatic heterocycles. The van der Waals surface area contributed by atoms with Crippen molar-refractivity contribution in [3.63, 3.8) is 0 Å². The highest BCUT2D eigenvalue weighted by Crippen LogP contribution is 2.12. The summed E-state index contributed by atoms with van der Waals surface area (Å²) in [5, 5.41) is 8.36. The Bertz CT molecular complexity index is 465. The van der Waals surface area contributed by atoms with Crippen molar-refractivity contribution in [2.24, 2.45) is 0 Å². The topological polar surface area (TPSA) is 91.3 Å². The Balaban J connectivity index is 2.03. The third-order valence-corrected chi connectivity index (χ3v) is 2.54. The standard InChI is InChI=1S/C12H12O7/c13-11(17-6-8-5-16-7-18-8)9-3-1-2-4-10(9)12(14)19-15/h1-4,8,15H,5-7H2. The van der Waals surface area contributed by atoms with E-state index >= 15 is 0 Å². The van der Waals surface area contributed by atoms with Gasteiger partial charge in [0.25, 0.3) is 0 Å². The number of hydrogen-bond acceptors (Lipinski definition) is 7. The zero-order valence-corrected chi connectivity index (χ0v) is 9.90. The summed E-state index contributed by atoms with van der Waals surface area (Å²) in [5.74, 6) is -1.72. The number of benzene rings is 1. The van der Waals surface area contributed by atoms with Crippen LogP contribution in [-0.2, 0) is 19.1 Å². The predicted molar refractivity (Wildman–Crippen MR) is 60.5 cm³/mol. The van der Waals surface area contributed by atoms with Crippen molar-refractivity contribution in [3.8, 4) is 0 Å². The quantitative estimate of drug-likeness (QED) is 0.491. The minimum Gasteiger partial charge on any atom is -0.459 e. The molecule has 7 heteroatoms. The molecule has 2 rings (SSSR count). The second-order valence-electron chi connectivity index (χ2n) is 3.80. The summed E-state index contributed by atoms with van der Waals surface area (Å²) in [7, 11) is 0. The molecule has 0 radical (unpaired) electrons. The lowest BCUT2D eigenvalue weighted by atomic mass is 10.1. The fourth-order valence-corrected chi connectivity index (χ4v) is 1.60. The summed E-state index contributed by atoms with van der Waals surface area (Å²) >= 11 is 0. The predicted octanol–water partition coefficient (Wildman–Crippen LogP) is 0.846. The SMILES string of the molecule is O=C(OO)c1ccccc1C(=O)OCC1COCO1. The third-order valence-electron chi connectivity index (χ3n) is 2.54. The van der Waals surface area contributed by atoms with E-state index in [1.807, 2.05) is 0 Å². The van der Waals surface area contributed by atoms with Gasteiger partial charge < -0.3 is 14.2 Å². The molecule has 1 fully saturated rings. The van der Waals surface area contributed by atoms with Crippen LogP contribution >= 0.6 is 0 Å². The van der Waals surface area contributed by atoms with Crippen LogP contribution in [0, 0.1) is 0 Å². The van der Waals surface area contributed by atoms with Gasteiger partial charge in [-0.25, -0.2) is 9.59 Å².